The van der Waals surface area contributed by atoms with Gasteiger partial charge < -0.3 is 25.3 Å². The Morgan fingerprint density at radius 3 is 2.68 bits per heavy atom. The quantitative estimate of drug-likeness (QED) is 0.686. The predicted molar refractivity (Wildman–Crippen MR) is 106 cm³/mol. The Kier molecular flexibility index (Phi) is 6.98. The third-order valence-corrected chi connectivity index (χ3v) is 5.49. The number of amides is 1. The van der Waals surface area contributed by atoms with Gasteiger partial charge in [-0.1, -0.05) is 37.3 Å². The maximum absolute atomic E-state index is 12.6. The summed E-state index contributed by atoms with van der Waals surface area (Å²) in [4.78, 5) is 15.3. The minimum atomic E-state index is -0.278. The van der Waals surface area contributed by atoms with Crippen molar-refractivity contribution < 1.29 is 9.53 Å². The van der Waals surface area contributed by atoms with Crippen LogP contribution in [0.1, 0.15) is 23.5 Å². The van der Waals surface area contributed by atoms with Gasteiger partial charge in [-0.25, -0.2) is 0 Å². The number of likely N-dealkylation sites (N-methyl/N-ethyl adjacent to an activating group) is 1. The van der Waals surface area contributed by atoms with Crippen molar-refractivity contribution in [2.24, 2.45) is 0 Å². The van der Waals surface area contributed by atoms with Gasteiger partial charge in [-0.3, -0.25) is 4.79 Å². The third kappa shape index (κ3) is 4.59. The highest BCUT2D eigenvalue weighted by molar-refractivity contribution is 7.73. The fraction of sp³-hybridized carbons (Fsp3) is 0.412. The summed E-state index contributed by atoms with van der Waals surface area (Å²) in [5.74, 6) is 0.730. The van der Waals surface area contributed by atoms with Gasteiger partial charge in [0.1, 0.15) is 16.4 Å². The first-order chi connectivity index (χ1) is 12.0. The van der Waals surface area contributed by atoms with Gasteiger partial charge >= 0.3 is 0 Å². The van der Waals surface area contributed by atoms with E-state index in [-0.39, 0.29) is 5.91 Å². The summed E-state index contributed by atoms with van der Waals surface area (Å²) < 4.78 is 7.69. The maximum Gasteiger partial charge on any atom is 0.269 e. The number of nitrogens with one attached hydrogen (secondary N) is 1. The van der Waals surface area contributed by atoms with E-state index >= 15 is 0 Å². The molecule has 0 bridgehead atoms. The number of benzene rings is 1. The average Bonchev–Trinajstić information content (AvgIpc) is 2.91. The minimum Gasteiger partial charge on any atom is -0.495 e. The molecule has 0 aliphatic heterocycles. The van der Waals surface area contributed by atoms with E-state index < -0.39 is 0 Å². The smallest absolute Gasteiger partial charge is 0.269 e. The van der Waals surface area contributed by atoms with Gasteiger partial charge in [0.15, 0.2) is 3.95 Å². The van der Waals surface area contributed by atoms with Crippen molar-refractivity contribution in [3.63, 3.8) is 0 Å². The molecule has 0 aliphatic carbocycles. The summed E-state index contributed by atoms with van der Waals surface area (Å²) in [6.07, 6.45) is 0. The summed E-state index contributed by atoms with van der Waals surface area (Å²) in [7, 11) is 1.56. The molecule has 1 amide bonds. The van der Waals surface area contributed by atoms with Crippen LogP contribution in [0, 0.1) is 3.95 Å². The van der Waals surface area contributed by atoms with E-state index in [2.05, 4.69) is 24.1 Å². The molecule has 8 heteroatoms. The molecule has 0 radical (unpaired) electrons. The summed E-state index contributed by atoms with van der Waals surface area (Å²) in [6, 6.07) is 7.24. The molecular weight excluding hydrogens is 356 g/mol. The number of nitrogens with two attached hydrogens (primary N) is 1. The van der Waals surface area contributed by atoms with Gasteiger partial charge in [-0.05, 0) is 37.4 Å². The Morgan fingerprint density at radius 1 is 1.36 bits per heavy atom. The zero-order chi connectivity index (χ0) is 18.4. The second-order valence-corrected chi connectivity index (χ2v) is 7.06. The summed E-state index contributed by atoms with van der Waals surface area (Å²) in [6.45, 7) is 7.68. The molecule has 0 saturated carbocycles. The summed E-state index contributed by atoms with van der Waals surface area (Å²) >= 11 is 6.63. The number of para-hydroxylation sites is 2. The first kappa shape index (κ1) is 19.4. The molecule has 0 fully saturated rings. The lowest BCUT2D eigenvalue weighted by Crippen LogP contribution is -2.27. The van der Waals surface area contributed by atoms with Crippen molar-refractivity contribution in [1.82, 2.24) is 9.47 Å². The Hall–Kier alpha value is -1.90. The lowest BCUT2D eigenvalue weighted by Gasteiger charge is -2.18. The van der Waals surface area contributed by atoms with E-state index in [1.807, 2.05) is 16.7 Å². The number of hydrogen-bond acceptors (Lipinski definition) is 6. The standard InChI is InChI=1S/C17H24N4O2S2/c1-4-20(5-2)10-11-21-15(18)14(25-17(21)24)16(22)19-12-8-6-7-9-13(12)23-3/h6-9H,4-5,10-11,18H2,1-3H3,(H,19,22). The van der Waals surface area contributed by atoms with Crippen molar-refractivity contribution in [2.45, 2.75) is 20.4 Å². The number of thiazole rings is 1. The van der Waals surface area contributed by atoms with Crippen LogP contribution in [0.4, 0.5) is 11.5 Å². The highest BCUT2D eigenvalue weighted by Gasteiger charge is 2.18. The molecule has 0 atom stereocenters. The second kappa shape index (κ2) is 8.98. The lowest BCUT2D eigenvalue weighted by atomic mass is 10.3. The van der Waals surface area contributed by atoms with Crippen LogP contribution in [0.15, 0.2) is 24.3 Å². The molecule has 136 valence electrons. The fourth-order valence-corrected chi connectivity index (χ4v) is 3.77. The Bertz CT molecular complexity index is 781. The molecule has 0 unspecified atom stereocenters. The van der Waals surface area contributed by atoms with Gasteiger partial charge in [-0.2, -0.15) is 0 Å². The minimum absolute atomic E-state index is 0.278. The topological polar surface area (TPSA) is 72.5 Å². The maximum atomic E-state index is 12.6. The lowest BCUT2D eigenvalue weighted by molar-refractivity contribution is 0.103. The Balaban J connectivity index is 2.18. The third-order valence-electron chi connectivity index (χ3n) is 4.03. The van der Waals surface area contributed by atoms with Crippen molar-refractivity contribution in [2.75, 3.05) is 37.8 Å². The molecule has 2 aromatic rings. The first-order valence-corrected chi connectivity index (χ1v) is 9.40. The molecule has 0 saturated heterocycles. The van der Waals surface area contributed by atoms with Crippen molar-refractivity contribution in [1.29, 1.82) is 0 Å². The number of carbonyl (C=O) groups excluding carboxylic acids is 1. The first-order valence-electron chi connectivity index (χ1n) is 8.17. The van der Waals surface area contributed by atoms with Crippen molar-refractivity contribution in [3.05, 3.63) is 33.1 Å². The number of rotatable bonds is 8. The largest absolute Gasteiger partial charge is 0.495 e. The van der Waals surface area contributed by atoms with Gasteiger partial charge in [-0.15, -0.1) is 0 Å². The molecule has 0 spiro atoms. The van der Waals surface area contributed by atoms with Crippen LogP contribution in [-0.4, -0.2) is 42.1 Å². The number of ether oxygens (including phenoxy) is 1. The van der Waals surface area contributed by atoms with Gasteiger partial charge in [0.2, 0.25) is 0 Å². The van der Waals surface area contributed by atoms with Crippen LogP contribution < -0.4 is 15.8 Å². The monoisotopic (exact) mass is 380 g/mol. The number of methoxy groups -OCH3 is 1. The normalized spacial score (nSPS) is 10.9. The van der Waals surface area contributed by atoms with Crippen molar-refractivity contribution in [3.8, 4) is 5.75 Å². The molecule has 1 heterocycles. The number of nitrogen functional groups attached to an aromatic ring is 1. The predicted octanol–water partition coefficient (Wildman–Crippen LogP) is 3.46. The summed E-state index contributed by atoms with van der Waals surface area (Å²) in [5, 5.41) is 2.84. The van der Waals surface area contributed by atoms with E-state index in [1.54, 1.807) is 19.2 Å². The van der Waals surface area contributed by atoms with E-state index in [9.17, 15) is 4.79 Å². The molecule has 1 aromatic carbocycles. The van der Waals surface area contributed by atoms with Crippen LogP contribution in [-0.2, 0) is 6.54 Å². The van der Waals surface area contributed by atoms with Crippen LogP contribution in [0.5, 0.6) is 5.75 Å². The average molecular weight is 381 g/mol. The molecule has 25 heavy (non-hydrogen) atoms. The molecular formula is C17H24N4O2S2. The van der Waals surface area contributed by atoms with Crippen LogP contribution >= 0.6 is 23.6 Å². The number of hydrogen-bond donors (Lipinski definition) is 2. The van der Waals surface area contributed by atoms with Crippen molar-refractivity contribution >= 4 is 41.0 Å². The van der Waals surface area contributed by atoms with Gasteiger partial charge in [0.05, 0.1) is 12.8 Å². The van der Waals surface area contributed by atoms with Crippen LogP contribution in [0.3, 0.4) is 0 Å². The number of nitrogens with zero attached hydrogens (tertiary/aromatic N) is 2. The van der Waals surface area contributed by atoms with E-state index in [4.69, 9.17) is 22.7 Å². The van der Waals surface area contributed by atoms with E-state index in [0.29, 0.717) is 32.6 Å². The molecule has 3 N–H and O–H groups in total. The van der Waals surface area contributed by atoms with Gasteiger partial charge in [0, 0.05) is 13.1 Å². The van der Waals surface area contributed by atoms with Crippen LogP contribution in [0.25, 0.3) is 0 Å². The highest BCUT2D eigenvalue weighted by Crippen LogP contribution is 2.27. The van der Waals surface area contributed by atoms with E-state index in [0.717, 1.165) is 19.6 Å². The zero-order valence-corrected chi connectivity index (χ0v) is 16.4. The zero-order valence-electron chi connectivity index (χ0n) is 14.7. The highest BCUT2D eigenvalue weighted by atomic mass is 32.1. The molecule has 2 rings (SSSR count). The fourth-order valence-electron chi connectivity index (χ4n) is 2.50. The second-order valence-electron chi connectivity index (χ2n) is 5.42. The van der Waals surface area contributed by atoms with E-state index in [1.165, 1.54) is 11.3 Å². The van der Waals surface area contributed by atoms with Crippen LogP contribution in [0.2, 0.25) is 0 Å². The number of carbonyl (C=O) groups is 1. The number of aromatic nitrogens is 1. The Morgan fingerprint density at radius 2 is 2.04 bits per heavy atom. The Labute approximate surface area is 157 Å². The SMILES string of the molecule is CCN(CC)CCn1c(N)c(C(=O)Nc2ccccc2OC)sc1=S. The van der Waals surface area contributed by atoms with Gasteiger partial charge in [0.25, 0.3) is 5.91 Å². The summed E-state index contributed by atoms with van der Waals surface area (Å²) in [5.41, 5.74) is 6.79. The molecule has 0 aliphatic rings. The number of anilines is 2. The molecule has 6 nitrogen and oxygen atoms in total. The molecule has 1 aromatic heterocycles.